The van der Waals surface area contributed by atoms with E-state index < -0.39 is 17.9 Å². The summed E-state index contributed by atoms with van der Waals surface area (Å²) in [5, 5.41) is 2.26. The van der Waals surface area contributed by atoms with Gasteiger partial charge in [0.25, 0.3) is 0 Å². The fraction of sp³-hybridized carbons (Fsp3) is 0.148. The second-order valence-electron chi connectivity index (χ2n) is 16.5. The Morgan fingerprint density at radius 3 is 2.24 bits per heavy atom. The summed E-state index contributed by atoms with van der Waals surface area (Å²) in [6.45, 7) is 14.4. The summed E-state index contributed by atoms with van der Waals surface area (Å²) in [5.41, 5.74) is 12.1. The SMILES string of the molecule is [2H]C=C([2H])C(C([2H])/C([2H])=C/c1cc2c(c3c1C=CCC3)CCC=C2)N(/C=C/C1C(C=C)c2ccccc2C1(c1ccccc1)c1ccccc1)C(=C)/C=C\C(=C)c1ccc2ccccc2c1. The van der Waals surface area contributed by atoms with E-state index in [1.54, 1.807) is 6.08 Å². The molecular weight excluding hydrogens is 747 g/mol. The molecule has 0 spiro atoms. The van der Waals surface area contributed by atoms with Gasteiger partial charge in [-0.3, -0.25) is 0 Å². The van der Waals surface area contributed by atoms with Crippen LogP contribution in [-0.2, 0) is 18.3 Å². The minimum absolute atomic E-state index is 0.0448. The van der Waals surface area contributed by atoms with Crippen LogP contribution in [0, 0.1) is 5.92 Å². The zero-order chi connectivity index (χ0) is 45.8. The number of benzene rings is 6. The Balaban J connectivity index is 1.18. The van der Waals surface area contributed by atoms with Crippen molar-refractivity contribution in [1.82, 2.24) is 4.90 Å². The van der Waals surface area contributed by atoms with Gasteiger partial charge in [0.05, 0.1) is 15.6 Å². The van der Waals surface area contributed by atoms with Gasteiger partial charge < -0.3 is 4.90 Å². The first-order chi connectivity index (χ1) is 32.2. The van der Waals surface area contributed by atoms with Gasteiger partial charge in [0.1, 0.15) is 0 Å². The van der Waals surface area contributed by atoms with Crippen molar-refractivity contribution in [2.75, 3.05) is 0 Å². The lowest BCUT2D eigenvalue weighted by molar-refractivity contribution is 0.394. The quantitative estimate of drug-likeness (QED) is 0.0783. The highest BCUT2D eigenvalue weighted by Gasteiger charge is 2.52. The van der Waals surface area contributed by atoms with Crippen molar-refractivity contribution in [1.29, 1.82) is 0 Å². The summed E-state index contributed by atoms with van der Waals surface area (Å²) < 4.78 is 37.4. The van der Waals surface area contributed by atoms with Crippen LogP contribution in [0.25, 0.3) is 34.6 Å². The molecule has 4 atom stereocenters. The molecule has 3 aliphatic rings. The van der Waals surface area contributed by atoms with Crippen molar-refractivity contribution in [3.8, 4) is 0 Å². The lowest BCUT2D eigenvalue weighted by Gasteiger charge is -2.39. The molecule has 6 aromatic rings. The molecule has 304 valence electrons. The average molecular weight is 806 g/mol. The maximum absolute atomic E-state index is 9.91. The molecule has 0 heterocycles. The highest BCUT2D eigenvalue weighted by atomic mass is 15.1. The molecule has 0 aromatic heterocycles. The van der Waals surface area contributed by atoms with Crippen molar-refractivity contribution < 1.29 is 5.48 Å². The second kappa shape index (κ2) is 17.9. The molecule has 0 amide bonds. The van der Waals surface area contributed by atoms with E-state index in [0.29, 0.717) is 5.70 Å². The molecule has 0 bridgehead atoms. The number of rotatable bonds is 14. The lowest BCUT2D eigenvalue weighted by Crippen LogP contribution is -2.35. The summed E-state index contributed by atoms with van der Waals surface area (Å²) in [6.07, 6.45) is 23.2. The highest BCUT2D eigenvalue weighted by Crippen LogP contribution is 2.58. The fourth-order valence-corrected chi connectivity index (χ4v) is 10.1. The molecule has 62 heavy (non-hydrogen) atoms. The average Bonchev–Trinajstić information content (AvgIpc) is 3.66. The molecule has 1 heteroatoms. The summed E-state index contributed by atoms with van der Waals surface area (Å²) >= 11 is 0. The molecule has 9 rings (SSSR count). The smallest absolute Gasteiger partial charge is 0.0592 e. The van der Waals surface area contributed by atoms with Crippen molar-refractivity contribution >= 4 is 34.6 Å². The number of hydrogen-bond acceptors (Lipinski definition) is 1. The van der Waals surface area contributed by atoms with E-state index in [9.17, 15) is 4.11 Å². The summed E-state index contributed by atoms with van der Waals surface area (Å²) in [7, 11) is 0. The van der Waals surface area contributed by atoms with Gasteiger partial charge >= 0.3 is 0 Å². The van der Waals surface area contributed by atoms with Crippen LogP contribution in [0.15, 0.2) is 220 Å². The maximum Gasteiger partial charge on any atom is 0.0592 e. The van der Waals surface area contributed by atoms with E-state index in [2.05, 4.69) is 159 Å². The Hall–Kier alpha value is -6.96. The Labute approximate surface area is 374 Å². The molecule has 0 saturated carbocycles. The molecule has 4 unspecified atom stereocenters. The van der Waals surface area contributed by atoms with Crippen molar-refractivity contribution in [2.45, 2.75) is 49.5 Å². The largest absolute Gasteiger partial charge is 0.342 e. The van der Waals surface area contributed by atoms with Crippen LogP contribution >= 0.6 is 0 Å². The van der Waals surface area contributed by atoms with E-state index in [1.807, 2.05) is 53.6 Å². The minimum Gasteiger partial charge on any atom is -0.342 e. The van der Waals surface area contributed by atoms with Crippen molar-refractivity contribution in [2.24, 2.45) is 5.92 Å². The molecule has 0 radical (unpaired) electrons. The van der Waals surface area contributed by atoms with Gasteiger partial charge in [-0.1, -0.05) is 195 Å². The minimum atomic E-state index is -1.27. The summed E-state index contributed by atoms with van der Waals surface area (Å²) in [4.78, 5) is 1.83. The first kappa shape index (κ1) is 35.8. The van der Waals surface area contributed by atoms with E-state index in [1.165, 1.54) is 27.8 Å². The molecule has 0 aliphatic heterocycles. The van der Waals surface area contributed by atoms with Gasteiger partial charge in [0.2, 0.25) is 0 Å². The monoisotopic (exact) mass is 805 g/mol. The Bertz CT molecular complexity index is 2960. The normalized spacial score (nSPS) is 19.7. The maximum atomic E-state index is 9.91. The van der Waals surface area contributed by atoms with Gasteiger partial charge in [0, 0.05) is 25.1 Å². The van der Waals surface area contributed by atoms with Crippen LogP contribution in [0.2, 0.25) is 0 Å². The first-order valence-electron chi connectivity index (χ1n) is 23.9. The number of fused-ring (bicyclic) bond motifs is 5. The van der Waals surface area contributed by atoms with E-state index in [4.69, 9.17) is 1.37 Å². The standard InChI is InChI=1S/C61H55N/c1-5-53(30-21-25-50-43-49-24-15-16-31-55(49)57-33-18-17-32-56(50)57)62(45(4)37-36-44(3)47-39-38-46-22-13-14-23-48(46)42-47)41-40-60-54(6-2)58-34-19-20-35-59(58)61(60,51-26-9-7-10-27-51)52-28-11-8-12-29-52/h5-15,17,19-29,32,34-43,53-54,60H,1-4,16,18,30-31,33H2/b25-21+,37-36-,41-40+/i1D,5D,21D,30D/b5-1?,25-21+,37-36-,41-40+. The topological polar surface area (TPSA) is 3.24 Å². The Morgan fingerprint density at radius 1 is 0.790 bits per heavy atom. The van der Waals surface area contributed by atoms with Gasteiger partial charge in [-0.25, -0.2) is 0 Å². The number of nitrogens with zero attached hydrogens (tertiary/aromatic N) is 1. The Kier molecular flexibility index (Phi) is 10.4. The third kappa shape index (κ3) is 7.54. The third-order valence-corrected chi connectivity index (χ3v) is 13.1. The first-order valence-corrected chi connectivity index (χ1v) is 21.8. The molecule has 0 N–H and O–H groups in total. The Morgan fingerprint density at radius 2 is 1.48 bits per heavy atom. The highest BCUT2D eigenvalue weighted by molar-refractivity contribution is 5.87. The molecule has 0 fully saturated rings. The van der Waals surface area contributed by atoms with Crippen LogP contribution in [0.3, 0.4) is 0 Å². The van der Waals surface area contributed by atoms with Crippen LogP contribution < -0.4 is 0 Å². The summed E-state index contributed by atoms with van der Waals surface area (Å²) in [6, 6.07) is 45.4. The number of hydrogen-bond donors (Lipinski definition) is 0. The van der Waals surface area contributed by atoms with Gasteiger partial charge in [-0.2, -0.15) is 0 Å². The van der Waals surface area contributed by atoms with Gasteiger partial charge in [-0.15, -0.1) is 13.1 Å². The van der Waals surface area contributed by atoms with Gasteiger partial charge in [0.15, 0.2) is 0 Å². The van der Waals surface area contributed by atoms with Crippen LogP contribution in [-0.4, -0.2) is 10.9 Å². The zero-order valence-electron chi connectivity index (χ0n) is 39.3. The predicted molar refractivity (Wildman–Crippen MR) is 267 cm³/mol. The summed E-state index contributed by atoms with van der Waals surface area (Å²) in [5.74, 6) is -0.316. The lowest BCUT2D eigenvalue weighted by atomic mass is 9.64. The van der Waals surface area contributed by atoms with E-state index in [-0.39, 0.29) is 23.9 Å². The fourth-order valence-electron chi connectivity index (χ4n) is 10.1. The third-order valence-electron chi connectivity index (χ3n) is 13.1. The number of allylic oxidation sites excluding steroid dienone is 7. The molecule has 0 saturated heterocycles. The zero-order valence-corrected chi connectivity index (χ0v) is 35.3. The molecule has 6 aromatic carbocycles. The van der Waals surface area contributed by atoms with E-state index in [0.717, 1.165) is 76.4 Å². The van der Waals surface area contributed by atoms with E-state index >= 15 is 0 Å². The second-order valence-corrected chi connectivity index (χ2v) is 16.5. The van der Waals surface area contributed by atoms with Crippen LogP contribution in [0.1, 0.15) is 86.3 Å². The van der Waals surface area contributed by atoms with Crippen LogP contribution in [0.4, 0.5) is 0 Å². The van der Waals surface area contributed by atoms with Crippen molar-refractivity contribution in [3.63, 3.8) is 0 Å². The van der Waals surface area contributed by atoms with Gasteiger partial charge in [-0.05, 0) is 122 Å². The van der Waals surface area contributed by atoms with Crippen LogP contribution in [0.5, 0.6) is 0 Å². The molecule has 1 nitrogen and oxygen atoms in total. The molecule has 3 aliphatic carbocycles. The van der Waals surface area contributed by atoms with Crippen molar-refractivity contribution in [3.05, 3.63) is 276 Å². The molecular formula is C61H55N. The predicted octanol–water partition coefficient (Wildman–Crippen LogP) is 15.2.